The SMILES string of the molecule is S=[C]Cc1conn1. The third kappa shape index (κ3) is 1.10. The van der Waals surface area contributed by atoms with E-state index in [4.69, 9.17) is 0 Å². The summed E-state index contributed by atoms with van der Waals surface area (Å²) in [5, 5.41) is 9.28. The first-order valence-corrected chi connectivity index (χ1v) is 2.45. The van der Waals surface area contributed by atoms with E-state index >= 15 is 0 Å². The third-order valence-corrected chi connectivity index (χ3v) is 0.803. The van der Waals surface area contributed by atoms with Crippen LogP contribution >= 0.6 is 12.2 Å². The molecule has 0 aromatic carbocycles. The van der Waals surface area contributed by atoms with E-state index in [1.54, 1.807) is 0 Å². The fourth-order valence-electron chi connectivity index (χ4n) is 0.335. The van der Waals surface area contributed by atoms with Crippen LogP contribution in [0.25, 0.3) is 0 Å². The summed E-state index contributed by atoms with van der Waals surface area (Å²) >= 11 is 4.44. The molecule has 4 heteroatoms. The van der Waals surface area contributed by atoms with Gasteiger partial charge in [-0.2, -0.15) is 0 Å². The van der Waals surface area contributed by atoms with Gasteiger partial charge in [-0.15, -0.1) is 5.10 Å². The molecule has 0 bridgehead atoms. The van der Waals surface area contributed by atoms with E-state index in [1.807, 2.05) is 0 Å². The Kier molecular flexibility index (Phi) is 1.69. The second-order valence-corrected chi connectivity index (χ2v) is 1.51. The van der Waals surface area contributed by atoms with Crippen molar-refractivity contribution in [3.63, 3.8) is 0 Å². The molecule has 0 aliphatic carbocycles. The molecule has 0 aliphatic rings. The smallest absolute Gasteiger partial charge is 0.147 e. The molecule has 0 amide bonds. The average Bonchev–Trinajstić information content (AvgIpc) is 2.19. The largest absolute Gasteiger partial charge is 0.345 e. The van der Waals surface area contributed by atoms with Crippen LogP contribution in [0.5, 0.6) is 0 Å². The second-order valence-electron chi connectivity index (χ2n) is 1.22. The highest BCUT2D eigenvalue weighted by atomic mass is 32.1. The highest BCUT2D eigenvalue weighted by Crippen LogP contribution is 1.88. The van der Waals surface area contributed by atoms with Crippen LogP contribution in [0.15, 0.2) is 10.8 Å². The minimum atomic E-state index is 0.527. The summed E-state index contributed by atoms with van der Waals surface area (Å²) < 4.78 is 4.42. The third-order valence-electron chi connectivity index (χ3n) is 0.658. The molecule has 0 fully saturated rings. The van der Waals surface area contributed by atoms with Crippen LogP contribution in [0, 0.1) is 0 Å². The Labute approximate surface area is 51.7 Å². The van der Waals surface area contributed by atoms with Crippen molar-refractivity contribution < 1.29 is 4.52 Å². The maximum atomic E-state index is 4.44. The van der Waals surface area contributed by atoms with Gasteiger partial charge in [-0.05, 0) is 0 Å². The van der Waals surface area contributed by atoms with Gasteiger partial charge in [0.2, 0.25) is 0 Å². The standard InChI is InChI=1S/C4H3N2OS/c8-2-1-4-3-7-6-5-4/h3H,1H2. The molecule has 1 heterocycles. The highest BCUT2D eigenvalue weighted by molar-refractivity contribution is 7.78. The Morgan fingerprint density at radius 2 is 2.75 bits per heavy atom. The van der Waals surface area contributed by atoms with Crippen LogP contribution < -0.4 is 0 Å². The zero-order valence-corrected chi connectivity index (χ0v) is 4.81. The van der Waals surface area contributed by atoms with E-state index in [-0.39, 0.29) is 0 Å². The van der Waals surface area contributed by atoms with E-state index in [2.05, 4.69) is 32.5 Å². The van der Waals surface area contributed by atoms with Gasteiger partial charge < -0.3 is 4.52 Å². The fraction of sp³-hybridized carbons (Fsp3) is 0.250. The summed E-state index contributed by atoms with van der Waals surface area (Å²) in [4.78, 5) is 0. The molecular formula is C4H3N2OS. The van der Waals surface area contributed by atoms with E-state index in [0.717, 1.165) is 5.69 Å². The van der Waals surface area contributed by atoms with Crippen LogP contribution in [-0.4, -0.2) is 15.7 Å². The highest BCUT2D eigenvalue weighted by Gasteiger charge is 1.91. The molecular weight excluding hydrogens is 124 g/mol. The van der Waals surface area contributed by atoms with Gasteiger partial charge in [-0.3, -0.25) is 0 Å². The molecule has 0 saturated heterocycles. The maximum Gasteiger partial charge on any atom is 0.147 e. The van der Waals surface area contributed by atoms with Crippen molar-refractivity contribution >= 4 is 17.6 Å². The van der Waals surface area contributed by atoms with Gasteiger partial charge in [-0.1, -0.05) is 12.2 Å². The van der Waals surface area contributed by atoms with E-state index in [0.29, 0.717) is 6.42 Å². The molecule has 41 valence electrons. The van der Waals surface area contributed by atoms with Crippen molar-refractivity contribution in [2.24, 2.45) is 0 Å². The number of nitrogens with zero attached hydrogens (tertiary/aromatic N) is 2. The molecule has 1 aromatic heterocycles. The van der Waals surface area contributed by atoms with Gasteiger partial charge >= 0.3 is 0 Å². The van der Waals surface area contributed by atoms with Crippen LogP contribution in [0.4, 0.5) is 0 Å². The van der Waals surface area contributed by atoms with Crippen molar-refractivity contribution in [3.8, 4) is 0 Å². The fourth-order valence-corrected chi connectivity index (χ4v) is 0.483. The molecule has 1 radical (unpaired) electrons. The lowest BCUT2D eigenvalue weighted by Gasteiger charge is -1.73. The Balaban J connectivity index is 2.62. The molecule has 3 nitrogen and oxygen atoms in total. The van der Waals surface area contributed by atoms with Crippen molar-refractivity contribution in [1.29, 1.82) is 0 Å². The molecule has 1 rings (SSSR count). The molecule has 0 atom stereocenters. The Morgan fingerprint density at radius 3 is 3.25 bits per heavy atom. The van der Waals surface area contributed by atoms with Crippen LogP contribution in [-0.2, 0) is 6.42 Å². The van der Waals surface area contributed by atoms with Crippen LogP contribution in [0.2, 0.25) is 0 Å². The lowest BCUT2D eigenvalue weighted by atomic mass is 10.4. The van der Waals surface area contributed by atoms with Gasteiger partial charge in [0.25, 0.3) is 0 Å². The number of thiocarbonyl (C=S) groups is 1. The average molecular weight is 127 g/mol. The van der Waals surface area contributed by atoms with Crippen molar-refractivity contribution in [1.82, 2.24) is 10.4 Å². The topological polar surface area (TPSA) is 38.9 Å². The minimum absolute atomic E-state index is 0.527. The van der Waals surface area contributed by atoms with Gasteiger partial charge in [0.15, 0.2) is 0 Å². The molecule has 0 N–H and O–H groups in total. The van der Waals surface area contributed by atoms with E-state index in [1.165, 1.54) is 6.26 Å². The summed E-state index contributed by atoms with van der Waals surface area (Å²) in [6, 6.07) is 0. The molecule has 8 heavy (non-hydrogen) atoms. The Morgan fingerprint density at radius 1 is 1.88 bits per heavy atom. The number of rotatable bonds is 2. The lowest BCUT2D eigenvalue weighted by Crippen LogP contribution is -1.82. The first-order valence-electron chi connectivity index (χ1n) is 2.04. The summed E-state index contributed by atoms with van der Waals surface area (Å²) in [7, 11) is 0. The van der Waals surface area contributed by atoms with Gasteiger partial charge in [-0.25, -0.2) is 0 Å². The van der Waals surface area contributed by atoms with Crippen molar-refractivity contribution in [3.05, 3.63) is 12.0 Å². The first-order chi connectivity index (χ1) is 3.93. The molecule has 0 unspecified atom stereocenters. The Bertz CT molecular complexity index is 161. The van der Waals surface area contributed by atoms with Crippen LogP contribution in [0.1, 0.15) is 5.69 Å². The quantitative estimate of drug-likeness (QED) is 0.542. The Hall–Kier alpha value is -0.770. The molecule has 0 saturated carbocycles. The lowest BCUT2D eigenvalue weighted by molar-refractivity contribution is 0.392. The predicted octanol–water partition coefficient (Wildman–Crippen LogP) is 0.489. The first kappa shape index (κ1) is 5.37. The number of hydrogen-bond acceptors (Lipinski definition) is 4. The summed E-state index contributed by atoms with van der Waals surface area (Å²) in [5.41, 5.74) is 0.722. The van der Waals surface area contributed by atoms with Gasteiger partial charge in [0, 0.05) is 17.1 Å². The van der Waals surface area contributed by atoms with Crippen molar-refractivity contribution in [2.45, 2.75) is 6.42 Å². The zero-order chi connectivity index (χ0) is 5.82. The van der Waals surface area contributed by atoms with Gasteiger partial charge in [0.1, 0.15) is 12.0 Å². The number of aromatic nitrogens is 2. The predicted molar refractivity (Wildman–Crippen MR) is 30.6 cm³/mol. The summed E-state index contributed by atoms with van der Waals surface area (Å²) in [6.07, 6.45) is 1.97. The van der Waals surface area contributed by atoms with Gasteiger partial charge in [0.05, 0.1) is 0 Å². The van der Waals surface area contributed by atoms with E-state index < -0.39 is 0 Å². The minimum Gasteiger partial charge on any atom is -0.345 e. The monoisotopic (exact) mass is 127 g/mol. The molecule has 0 spiro atoms. The summed E-state index contributed by atoms with van der Waals surface area (Å²) in [5.74, 6) is 0. The normalized spacial score (nSPS) is 9.00. The maximum absolute atomic E-state index is 4.44. The van der Waals surface area contributed by atoms with Crippen molar-refractivity contribution in [2.75, 3.05) is 0 Å². The molecule has 1 aromatic rings. The zero-order valence-electron chi connectivity index (χ0n) is 4.00. The van der Waals surface area contributed by atoms with E-state index in [9.17, 15) is 0 Å². The number of hydrogen-bond donors (Lipinski definition) is 0. The second kappa shape index (κ2) is 2.52. The molecule has 0 aliphatic heterocycles. The van der Waals surface area contributed by atoms with Crippen LogP contribution in [0.3, 0.4) is 0 Å². The summed E-state index contributed by atoms with van der Waals surface area (Å²) in [6.45, 7) is 0.